The second-order valence-corrected chi connectivity index (χ2v) is 6.19. The van der Waals surface area contributed by atoms with Gasteiger partial charge in [0.2, 0.25) is 0 Å². The Morgan fingerprint density at radius 2 is 1.52 bits per heavy atom. The zero-order valence-electron chi connectivity index (χ0n) is 13.6. The normalized spacial score (nSPS) is 15.8. The molecule has 1 N–H and O–H groups in total. The van der Waals surface area contributed by atoms with Crippen molar-refractivity contribution < 1.29 is 19.4 Å². The molecule has 0 unspecified atom stereocenters. The van der Waals surface area contributed by atoms with E-state index in [1.807, 2.05) is 36.4 Å². The average molecular weight is 338 g/mol. The van der Waals surface area contributed by atoms with Crippen LogP contribution >= 0.6 is 0 Å². The van der Waals surface area contributed by atoms with Gasteiger partial charge in [-0.15, -0.1) is 0 Å². The van der Waals surface area contributed by atoms with Gasteiger partial charge in [-0.05, 0) is 28.7 Å². The van der Waals surface area contributed by atoms with Crippen LogP contribution in [0, 0.1) is 0 Å². The van der Waals surface area contributed by atoms with Crippen molar-refractivity contribution in [3.05, 3.63) is 59.7 Å². The Morgan fingerprint density at radius 3 is 2.12 bits per heavy atom. The molecule has 0 bridgehead atoms. The average Bonchev–Trinajstić information content (AvgIpc) is 3.23. The van der Waals surface area contributed by atoms with Gasteiger partial charge in [-0.2, -0.15) is 0 Å². The Kier molecular flexibility index (Phi) is 3.80. The minimum absolute atomic E-state index is 0.0303. The molecule has 0 spiro atoms. The van der Waals surface area contributed by atoms with Crippen molar-refractivity contribution in [2.45, 2.75) is 12.3 Å². The quantitative estimate of drug-likeness (QED) is 0.909. The predicted octanol–water partition coefficient (Wildman–Crippen LogP) is 3.54. The fraction of sp³-hybridized carbons (Fsp3) is 0.263. The first-order valence-corrected chi connectivity index (χ1v) is 8.29. The van der Waals surface area contributed by atoms with Crippen molar-refractivity contribution in [3.63, 3.8) is 0 Å². The van der Waals surface area contributed by atoms with E-state index in [1.54, 1.807) is 0 Å². The van der Waals surface area contributed by atoms with Gasteiger partial charge < -0.3 is 9.84 Å². The first-order valence-electron chi connectivity index (χ1n) is 8.29. The van der Waals surface area contributed by atoms with Crippen molar-refractivity contribution in [2.75, 3.05) is 19.7 Å². The summed E-state index contributed by atoms with van der Waals surface area (Å²) in [6.45, 7) is 0.874. The van der Waals surface area contributed by atoms with Crippen molar-refractivity contribution in [1.82, 2.24) is 10.0 Å². The van der Waals surface area contributed by atoms with Crippen LogP contribution in [0.1, 0.15) is 23.5 Å². The summed E-state index contributed by atoms with van der Waals surface area (Å²) < 4.78 is 5.49. The Hall–Kier alpha value is -3.02. The molecular weight excluding hydrogens is 320 g/mol. The fourth-order valence-electron chi connectivity index (χ4n) is 3.67. The van der Waals surface area contributed by atoms with Gasteiger partial charge in [0, 0.05) is 19.0 Å². The smallest absolute Gasteiger partial charge is 0.428 e. The number of hydrazine groups is 1. The van der Waals surface area contributed by atoms with E-state index in [0.717, 1.165) is 32.3 Å². The predicted molar refractivity (Wildman–Crippen MR) is 91.1 cm³/mol. The van der Waals surface area contributed by atoms with E-state index in [1.165, 1.54) is 0 Å². The molecule has 2 aromatic rings. The van der Waals surface area contributed by atoms with Crippen LogP contribution in [-0.4, -0.2) is 47.0 Å². The highest BCUT2D eigenvalue weighted by Gasteiger charge is 2.34. The van der Waals surface area contributed by atoms with Gasteiger partial charge in [-0.25, -0.2) is 19.6 Å². The van der Waals surface area contributed by atoms with Crippen molar-refractivity contribution >= 4 is 12.2 Å². The minimum Gasteiger partial charge on any atom is -0.464 e. The lowest BCUT2D eigenvalue weighted by Crippen LogP contribution is -2.44. The number of rotatable bonds is 2. The molecule has 0 aromatic heterocycles. The van der Waals surface area contributed by atoms with Gasteiger partial charge in [0.1, 0.15) is 6.61 Å². The van der Waals surface area contributed by atoms with Crippen LogP contribution in [0.3, 0.4) is 0 Å². The maximum Gasteiger partial charge on any atom is 0.428 e. The summed E-state index contributed by atoms with van der Waals surface area (Å²) in [4.78, 5) is 23.5. The van der Waals surface area contributed by atoms with E-state index in [9.17, 15) is 9.59 Å². The third-order valence-corrected chi connectivity index (χ3v) is 4.80. The molecule has 6 heteroatoms. The maximum absolute atomic E-state index is 12.3. The molecule has 1 aliphatic heterocycles. The molecule has 1 aliphatic carbocycles. The Morgan fingerprint density at radius 1 is 0.960 bits per heavy atom. The van der Waals surface area contributed by atoms with E-state index in [4.69, 9.17) is 9.84 Å². The molecule has 0 radical (unpaired) electrons. The zero-order chi connectivity index (χ0) is 17.4. The Labute approximate surface area is 145 Å². The monoisotopic (exact) mass is 338 g/mol. The Balaban J connectivity index is 1.53. The summed E-state index contributed by atoms with van der Waals surface area (Å²) >= 11 is 0. The highest BCUT2D eigenvalue weighted by atomic mass is 16.6. The summed E-state index contributed by atoms with van der Waals surface area (Å²) in [7, 11) is 0. The van der Waals surface area contributed by atoms with E-state index >= 15 is 0 Å². The Bertz CT molecular complexity index is 790. The third kappa shape index (κ3) is 2.59. The molecule has 128 valence electrons. The van der Waals surface area contributed by atoms with Gasteiger partial charge >= 0.3 is 12.2 Å². The van der Waals surface area contributed by atoms with Gasteiger partial charge in [0.25, 0.3) is 0 Å². The number of hydrogen-bond donors (Lipinski definition) is 1. The van der Waals surface area contributed by atoms with Gasteiger partial charge in [-0.1, -0.05) is 48.5 Å². The van der Waals surface area contributed by atoms with E-state index in [2.05, 4.69) is 12.1 Å². The van der Waals surface area contributed by atoms with Gasteiger partial charge in [-0.3, -0.25) is 0 Å². The van der Waals surface area contributed by atoms with E-state index < -0.39 is 12.2 Å². The standard InChI is InChI=1S/C19H18N2O4/c22-18(23)20-10-5-11-21(20)19(24)25-12-17-15-8-3-1-6-13(15)14-7-2-4-9-16(14)17/h1-4,6-9,17H,5,10-12H2,(H,22,23). The molecule has 1 fully saturated rings. The molecule has 0 saturated carbocycles. The van der Waals surface area contributed by atoms with E-state index in [0.29, 0.717) is 19.5 Å². The lowest BCUT2D eigenvalue weighted by atomic mass is 9.98. The van der Waals surface area contributed by atoms with Crippen molar-refractivity contribution in [2.24, 2.45) is 0 Å². The number of nitrogens with zero attached hydrogens (tertiary/aromatic N) is 2. The summed E-state index contributed by atoms with van der Waals surface area (Å²) in [5.74, 6) is -0.0303. The number of carbonyl (C=O) groups is 2. The van der Waals surface area contributed by atoms with Crippen molar-refractivity contribution in [1.29, 1.82) is 0 Å². The molecule has 4 rings (SSSR count). The molecule has 6 nitrogen and oxygen atoms in total. The highest BCUT2D eigenvalue weighted by Crippen LogP contribution is 2.44. The second-order valence-electron chi connectivity index (χ2n) is 6.19. The number of ether oxygens (including phenoxy) is 1. The summed E-state index contributed by atoms with van der Waals surface area (Å²) in [5, 5.41) is 11.3. The van der Waals surface area contributed by atoms with Gasteiger partial charge in [0.15, 0.2) is 0 Å². The van der Waals surface area contributed by atoms with Crippen LogP contribution in [0.15, 0.2) is 48.5 Å². The van der Waals surface area contributed by atoms with Gasteiger partial charge in [0.05, 0.1) is 0 Å². The zero-order valence-corrected chi connectivity index (χ0v) is 13.6. The van der Waals surface area contributed by atoms with Crippen LogP contribution in [0.5, 0.6) is 0 Å². The number of benzene rings is 2. The van der Waals surface area contributed by atoms with E-state index in [-0.39, 0.29) is 12.5 Å². The lowest BCUT2D eigenvalue weighted by Gasteiger charge is -2.25. The second kappa shape index (κ2) is 6.12. The molecule has 2 amide bonds. The largest absolute Gasteiger partial charge is 0.464 e. The number of fused-ring (bicyclic) bond motifs is 3. The first kappa shape index (κ1) is 15.5. The molecule has 25 heavy (non-hydrogen) atoms. The lowest BCUT2D eigenvalue weighted by molar-refractivity contribution is 0.0181. The topological polar surface area (TPSA) is 70.1 Å². The molecule has 2 aliphatic rings. The van der Waals surface area contributed by atoms with Crippen LogP contribution in [-0.2, 0) is 4.74 Å². The number of carboxylic acid groups (broad SMARTS) is 1. The minimum atomic E-state index is -1.13. The number of hydrogen-bond acceptors (Lipinski definition) is 3. The molecule has 2 aromatic carbocycles. The molecular formula is C19H18N2O4. The maximum atomic E-state index is 12.3. The summed E-state index contributed by atoms with van der Waals surface area (Å²) in [6, 6.07) is 16.2. The van der Waals surface area contributed by atoms with Crippen LogP contribution in [0.25, 0.3) is 11.1 Å². The van der Waals surface area contributed by atoms with Crippen molar-refractivity contribution in [3.8, 4) is 11.1 Å². The molecule has 0 atom stereocenters. The molecule has 1 heterocycles. The number of amides is 2. The van der Waals surface area contributed by atoms with Crippen LogP contribution in [0.2, 0.25) is 0 Å². The SMILES string of the molecule is O=C(O)N1CCCN1C(=O)OCC1c2ccccc2-c2ccccc21. The van der Waals surface area contributed by atoms with Crippen LogP contribution in [0.4, 0.5) is 9.59 Å². The molecule has 1 saturated heterocycles. The summed E-state index contributed by atoms with van der Waals surface area (Å²) in [5.41, 5.74) is 4.58. The van der Waals surface area contributed by atoms with Crippen LogP contribution < -0.4 is 0 Å². The fourth-order valence-corrected chi connectivity index (χ4v) is 3.67. The highest BCUT2D eigenvalue weighted by molar-refractivity contribution is 5.79. The number of carbonyl (C=O) groups excluding carboxylic acids is 1. The first-order chi connectivity index (χ1) is 12.2. The third-order valence-electron chi connectivity index (χ3n) is 4.80. The summed E-state index contributed by atoms with van der Waals surface area (Å²) in [6.07, 6.45) is -1.12.